The average Bonchev–Trinajstić information content (AvgIpc) is 3.54. The highest BCUT2D eigenvalue weighted by Crippen LogP contribution is 2.33. The van der Waals surface area contributed by atoms with Crippen LogP contribution in [0.4, 0.5) is 5.69 Å². The first-order valence-corrected chi connectivity index (χ1v) is 17.9. The van der Waals surface area contributed by atoms with E-state index in [0.717, 1.165) is 40.4 Å². The van der Waals surface area contributed by atoms with E-state index in [0.29, 0.717) is 23.8 Å². The van der Waals surface area contributed by atoms with Gasteiger partial charge in [-0.1, -0.05) is 55.6 Å². The molecule has 11 heteroatoms. The van der Waals surface area contributed by atoms with Gasteiger partial charge in [0.15, 0.2) is 0 Å². The molecule has 0 bridgehead atoms. The number of nitrogens with one attached hydrogen (secondary N) is 1. The smallest absolute Gasteiger partial charge is 0.264 e. The minimum atomic E-state index is -4.22. The van der Waals surface area contributed by atoms with E-state index in [-0.39, 0.29) is 29.1 Å². The summed E-state index contributed by atoms with van der Waals surface area (Å²) in [5.41, 5.74) is 1.01. The first kappa shape index (κ1) is 33.7. The molecule has 0 aliphatic heterocycles. The Hall–Kier alpha value is -3.21. The zero-order valence-electron chi connectivity index (χ0n) is 25.4. The highest BCUT2D eigenvalue weighted by atomic mass is 35.5. The number of amides is 2. The molecule has 236 valence electrons. The minimum Gasteiger partial charge on any atom is -0.492 e. The van der Waals surface area contributed by atoms with Crippen LogP contribution in [0.5, 0.6) is 5.75 Å². The summed E-state index contributed by atoms with van der Waals surface area (Å²) < 4.78 is 35.4. The average molecular weight is 658 g/mol. The second kappa shape index (κ2) is 15.7. The number of ether oxygens (including phenoxy) is 1. The summed E-state index contributed by atoms with van der Waals surface area (Å²) in [5.74, 6) is -0.412. The molecule has 44 heavy (non-hydrogen) atoms. The molecule has 1 aliphatic carbocycles. The Balaban J connectivity index is 1.75. The van der Waals surface area contributed by atoms with Gasteiger partial charge in [-0.3, -0.25) is 13.9 Å². The number of thioether (sulfide) groups is 1. The van der Waals surface area contributed by atoms with E-state index in [1.165, 1.54) is 28.8 Å². The van der Waals surface area contributed by atoms with Crippen LogP contribution >= 0.6 is 23.4 Å². The van der Waals surface area contributed by atoms with E-state index >= 15 is 0 Å². The lowest BCUT2D eigenvalue weighted by atomic mass is 10.1. The van der Waals surface area contributed by atoms with Gasteiger partial charge in [0.25, 0.3) is 10.0 Å². The zero-order valence-corrected chi connectivity index (χ0v) is 27.8. The lowest BCUT2D eigenvalue weighted by molar-refractivity contribution is -0.140. The molecule has 0 aromatic heterocycles. The molecule has 0 saturated heterocycles. The Morgan fingerprint density at radius 3 is 2.27 bits per heavy atom. The number of carbonyl (C=O) groups excluding carboxylic acids is 2. The Morgan fingerprint density at radius 1 is 1.00 bits per heavy atom. The van der Waals surface area contributed by atoms with Crippen molar-refractivity contribution in [2.45, 2.75) is 74.4 Å². The van der Waals surface area contributed by atoms with Crippen LogP contribution in [0, 0.1) is 0 Å². The Labute approximate surface area is 270 Å². The first-order valence-electron chi connectivity index (χ1n) is 14.9. The first-order chi connectivity index (χ1) is 21.2. The third-order valence-corrected chi connectivity index (χ3v) is 10.5. The van der Waals surface area contributed by atoms with Crippen molar-refractivity contribution in [2.24, 2.45) is 0 Å². The fourth-order valence-corrected chi connectivity index (χ4v) is 7.36. The maximum atomic E-state index is 14.4. The Bertz CT molecular complexity index is 1510. The monoisotopic (exact) mass is 657 g/mol. The number of sulfonamides is 1. The van der Waals surface area contributed by atoms with Crippen molar-refractivity contribution in [3.8, 4) is 5.75 Å². The molecule has 3 aromatic rings. The molecule has 1 aliphatic rings. The number of para-hydroxylation sites is 2. The van der Waals surface area contributed by atoms with Crippen LogP contribution < -0.4 is 14.4 Å². The molecule has 8 nitrogen and oxygen atoms in total. The number of nitrogens with zero attached hydrogens (tertiary/aromatic N) is 2. The fourth-order valence-electron chi connectivity index (χ4n) is 5.40. The van der Waals surface area contributed by atoms with Crippen molar-refractivity contribution in [1.29, 1.82) is 0 Å². The zero-order chi connectivity index (χ0) is 31.7. The quantitative estimate of drug-likeness (QED) is 0.198. The maximum Gasteiger partial charge on any atom is 0.264 e. The number of halogens is 1. The standard InChI is InChI=1S/C33H40ClN3O5S2/c1-4-29(33(39)35-26-10-6-7-11-26)36(22-24-14-16-25(34)17-15-24)32(38)23-37(30-12-8-9-13-31(30)42-5-2)44(40,41)28-20-18-27(43-3)19-21-28/h8-9,12-21,26,29H,4-7,10-11,22-23H2,1-3H3,(H,35,39). The highest BCUT2D eigenvalue weighted by molar-refractivity contribution is 7.98. The molecule has 1 atom stereocenters. The molecule has 2 amide bonds. The summed E-state index contributed by atoms with van der Waals surface area (Å²) in [6.07, 6.45) is 6.19. The lowest BCUT2D eigenvalue weighted by Crippen LogP contribution is -2.53. The third kappa shape index (κ3) is 8.28. The summed E-state index contributed by atoms with van der Waals surface area (Å²) >= 11 is 7.62. The van der Waals surface area contributed by atoms with Gasteiger partial charge in [0, 0.05) is 22.5 Å². The van der Waals surface area contributed by atoms with Gasteiger partial charge in [-0.2, -0.15) is 0 Å². The minimum absolute atomic E-state index is 0.0460. The molecule has 0 spiro atoms. The Kier molecular flexibility index (Phi) is 12.0. The van der Waals surface area contributed by atoms with E-state index in [2.05, 4.69) is 5.32 Å². The molecule has 1 unspecified atom stereocenters. The van der Waals surface area contributed by atoms with Crippen molar-refractivity contribution in [3.63, 3.8) is 0 Å². The van der Waals surface area contributed by atoms with Gasteiger partial charge in [0.2, 0.25) is 11.8 Å². The van der Waals surface area contributed by atoms with Crippen LogP contribution in [0.3, 0.4) is 0 Å². The summed E-state index contributed by atoms with van der Waals surface area (Å²) in [6, 6.07) is 19.6. The summed E-state index contributed by atoms with van der Waals surface area (Å²) in [5, 5.41) is 3.68. The lowest BCUT2D eigenvalue weighted by Gasteiger charge is -2.34. The largest absolute Gasteiger partial charge is 0.492 e. The number of rotatable bonds is 14. The highest BCUT2D eigenvalue weighted by Gasteiger charge is 2.35. The van der Waals surface area contributed by atoms with Crippen molar-refractivity contribution in [2.75, 3.05) is 23.7 Å². The molecule has 1 N–H and O–H groups in total. The number of hydrogen-bond donors (Lipinski definition) is 1. The van der Waals surface area contributed by atoms with Gasteiger partial charge < -0.3 is 15.0 Å². The predicted octanol–water partition coefficient (Wildman–Crippen LogP) is 6.52. The van der Waals surface area contributed by atoms with Crippen LogP contribution in [0.25, 0.3) is 0 Å². The second-order valence-corrected chi connectivity index (χ2v) is 13.8. The van der Waals surface area contributed by atoms with E-state index in [9.17, 15) is 18.0 Å². The van der Waals surface area contributed by atoms with Crippen molar-refractivity contribution >= 4 is 50.9 Å². The van der Waals surface area contributed by atoms with E-state index < -0.39 is 28.5 Å². The summed E-state index contributed by atoms with van der Waals surface area (Å²) in [4.78, 5) is 30.4. The van der Waals surface area contributed by atoms with Gasteiger partial charge in [-0.15, -0.1) is 11.8 Å². The molecule has 0 heterocycles. The van der Waals surface area contributed by atoms with E-state index in [4.69, 9.17) is 16.3 Å². The van der Waals surface area contributed by atoms with Gasteiger partial charge in [-0.25, -0.2) is 8.42 Å². The molecular weight excluding hydrogens is 618 g/mol. The maximum absolute atomic E-state index is 14.4. The van der Waals surface area contributed by atoms with Crippen LogP contribution in [0.2, 0.25) is 5.02 Å². The predicted molar refractivity (Wildman–Crippen MR) is 177 cm³/mol. The number of benzene rings is 3. The normalized spacial score (nSPS) is 14.2. The van der Waals surface area contributed by atoms with E-state index in [1.54, 1.807) is 60.7 Å². The molecule has 3 aromatic carbocycles. The number of anilines is 1. The van der Waals surface area contributed by atoms with Crippen LogP contribution in [0.1, 0.15) is 51.5 Å². The van der Waals surface area contributed by atoms with Crippen LogP contribution in [-0.4, -0.2) is 56.6 Å². The van der Waals surface area contributed by atoms with Gasteiger partial charge in [-0.05, 0) is 86.5 Å². The summed E-state index contributed by atoms with van der Waals surface area (Å²) in [6.45, 7) is 3.55. The number of carbonyl (C=O) groups is 2. The molecule has 1 fully saturated rings. The molecule has 0 radical (unpaired) electrons. The van der Waals surface area contributed by atoms with Gasteiger partial charge in [0.1, 0.15) is 18.3 Å². The molecular formula is C33H40ClN3O5S2. The third-order valence-electron chi connectivity index (χ3n) is 7.71. The topological polar surface area (TPSA) is 96.0 Å². The van der Waals surface area contributed by atoms with Crippen molar-refractivity contribution in [3.05, 3.63) is 83.4 Å². The van der Waals surface area contributed by atoms with Crippen molar-refractivity contribution < 1.29 is 22.7 Å². The van der Waals surface area contributed by atoms with E-state index in [1.807, 2.05) is 20.1 Å². The van der Waals surface area contributed by atoms with Gasteiger partial charge in [0.05, 0.1) is 17.2 Å². The number of hydrogen-bond acceptors (Lipinski definition) is 6. The van der Waals surface area contributed by atoms with Crippen LogP contribution in [-0.2, 0) is 26.2 Å². The summed E-state index contributed by atoms with van der Waals surface area (Å²) in [7, 11) is -4.22. The second-order valence-electron chi connectivity index (χ2n) is 10.7. The molecule has 1 saturated carbocycles. The SMILES string of the molecule is CCOc1ccccc1N(CC(=O)N(Cc1ccc(Cl)cc1)C(CC)C(=O)NC1CCCC1)S(=O)(=O)c1ccc(SC)cc1. The van der Waals surface area contributed by atoms with Crippen LogP contribution in [0.15, 0.2) is 82.6 Å². The Morgan fingerprint density at radius 2 is 1.66 bits per heavy atom. The van der Waals surface area contributed by atoms with Crippen molar-refractivity contribution in [1.82, 2.24) is 10.2 Å². The van der Waals surface area contributed by atoms with Gasteiger partial charge >= 0.3 is 0 Å². The molecule has 4 rings (SSSR count). The fraction of sp³-hybridized carbons (Fsp3) is 0.394.